The van der Waals surface area contributed by atoms with Crippen LogP contribution in [0, 0.1) is 0 Å². The first kappa shape index (κ1) is 14.0. The fourth-order valence-corrected chi connectivity index (χ4v) is 1.59. The largest absolute Gasteiger partial charge is 0.392 e. The van der Waals surface area contributed by atoms with Gasteiger partial charge in [0, 0.05) is 33.0 Å². The van der Waals surface area contributed by atoms with Gasteiger partial charge in [-0.1, -0.05) is 12.1 Å². The summed E-state index contributed by atoms with van der Waals surface area (Å²) in [5.41, 5.74) is 2.04. The summed E-state index contributed by atoms with van der Waals surface area (Å²) in [6.45, 7) is 3.12. The summed E-state index contributed by atoms with van der Waals surface area (Å²) < 4.78 is 10.2. The zero-order valence-corrected chi connectivity index (χ0v) is 10.6. The molecule has 0 fully saturated rings. The first-order valence-corrected chi connectivity index (χ1v) is 5.74. The molecular formula is C13H21NO3. The Kier molecular flexibility index (Phi) is 6.62. The SMILES string of the molecule is COCCN(CCOC)c1ccc(CO)cc1. The smallest absolute Gasteiger partial charge is 0.0681 e. The summed E-state index contributed by atoms with van der Waals surface area (Å²) in [6, 6.07) is 7.89. The Morgan fingerprint density at radius 2 is 1.53 bits per heavy atom. The summed E-state index contributed by atoms with van der Waals surface area (Å²) in [7, 11) is 3.40. The highest BCUT2D eigenvalue weighted by Gasteiger charge is 2.05. The summed E-state index contributed by atoms with van der Waals surface area (Å²) in [5, 5.41) is 9.00. The van der Waals surface area contributed by atoms with Crippen molar-refractivity contribution >= 4 is 5.69 Å². The molecule has 0 aromatic heterocycles. The van der Waals surface area contributed by atoms with Crippen LogP contribution in [0.3, 0.4) is 0 Å². The number of hydrogen-bond acceptors (Lipinski definition) is 4. The number of ether oxygens (including phenoxy) is 2. The van der Waals surface area contributed by atoms with E-state index < -0.39 is 0 Å². The van der Waals surface area contributed by atoms with Gasteiger partial charge < -0.3 is 19.5 Å². The molecule has 96 valence electrons. The molecule has 17 heavy (non-hydrogen) atoms. The van der Waals surface area contributed by atoms with E-state index in [-0.39, 0.29) is 6.61 Å². The van der Waals surface area contributed by atoms with Crippen LogP contribution in [0.4, 0.5) is 5.69 Å². The quantitative estimate of drug-likeness (QED) is 0.742. The summed E-state index contributed by atoms with van der Waals surface area (Å²) >= 11 is 0. The molecule has 0 atom stereocenters. The van der Waals surface area contributed by atoms with Crippen molar-refractivity contribution in [1.29, 1.82) is 0 Å². The van der Waals surface area contributed by atoms with Crippen molar-refractivity contribution in [2.45, 2.75) is 6.61 Å². The lowest BCUT2D eigenvalue weighted by molar-refractivity contribution is 0.190. The molecule has 4 heteroatoms. The molecule has 0 aliphatic rings. The molecule has 0 amide bonds. The minimum Gasteiger partial charge on any atom is -0.392 e. The third-order valence-corrected chi connectivity index (χ3v) is 2.61. The first-order valence-electron chi connectivity index (χ1n) is 5.74. The zero-order valence-electron chi connectivity index (χ0n) is 10.6. The Bertz CT molecular complexity index is 292. The van der Waals surface area contributed by atoms with Crippen molar-refractivity contribution in [3.8, 4) is 0 Å². The van der Waals surface area contributed by atoms with Crippen LogP contribution in [0.25, 0.3) is 0 Å². The van der Waals surface area contributed by atoms with E-state index in [1.54, 1.807) is 14.2 Å². The number of aliphatic hydroxyl groups excluding tert-OH is 1. The molecule has 1 aromatic rings. The van der Waals surface area contributed by atoms with Crippen LogP contribution in [-0.2, 0) is 16.1 Å². The molecule has 0 radical (unpaired) electrons. The van der Waals surface area contributed by atoms with Gasteiger partial charge in [0.05, 0.1) is 19.8 Å². The Morgan fingerprint density at radius 3 is 1.94 bits per heavy atom. The van der Waals surface area contributed by atoms with Crippen molar-refractivity contribution in [3.05, 3.63) is 29.8 Å². The third kappa shape index (κ3) is 4.73. The molecule has 1 aromatic carbocycles. The predicted molar refractivity (Wildman–Crippen MR) is 68.3 cm³/mol. The lowest BCUT2D eigenvalue weighted by Gasteiger charge is -2.24. The van der Waals surface area contributed by atoms with E-state index in [0.717, 1.165) is 24.3 Å². The van der Waals surface area contributed by atoms with Gasteiger partial charge in [0.1, 0.15) is 0 Å². The Labute approximate surface area is 103 Å². The van der Waals surface area contributed by atoms with E-state index in [0.29, 0.717) is 13.2 Å². The number of hydrogen-bond donors (Lipinski definition) is 1. The fourth-order valence-electron chi connectivity index (χ4n) is 1.59. The van der Waals surface area contributed by atoms with E-state index in [2.05, 4.69) is 4.90 Å². The van der Waals surface area contributed by atoms with E-state index in [9.17, 15) is 0 Å². The number of anilines is 1. The van der Waals surface area contributed by atoms with E-state index in [1.807, 2.05) is 24.3 Å². The highest BCUT2D eigenvalue weighted by atomic mass is 16.5. The maximum Gasteiger partial charge on any atom is 0.0681 e. The molecule has 0 saturated heterocycles. The Morgan fingerprint density at radius 1 is 1.00 bits per heavy atom. The monoisotopic (exact) mass is 239 g/mol. The lowest BCUT2D eigenvalue weighted by atomic mass is 10.2. The maximum atomic E-state index is 9.00. The van der Waals surface area contributed by atoms with Gasteiger partial charge in [-0.3, -0.25) is 0 Å². The van der Waals surface area contributed by atoms with Crippen molar-refractivity contribution in [2.24, 2.45) is 0 Å². The second-order valence-electron chi connectivity index (χ2n) is 3.80. The van der Waals surface area contributed by atoms with Gasteiger partial charge in [-0.05, 0) is 17.7 Å². The zero-order chi connectivity index (χ0) is 12.5. The van der Waals surface area contributed by atoms with Crippen LogP contribution < -0.4 is 4.90 Å². The number of rotatable bonds is 8. The minimum atomic E-state index is 0.0798. The highest BCUT2D eigenvalue weighted by molar-refractivity contribution is 5.47. The maximum absolute atomic E-state index is 9.00. The third-order valence-electron chi connectivity index (χ3n) is 2.61. The molecule has 0 saturated carbocycles. The van der Waals surface area contributed by atoms with E-state index in [1.165, 1.54) is 0 Å². The van der Waals surface area contributed by atoms with Crippen molar-refractivity contribution in [3.63, 3.8) is 0 Å². The topological polar surface area (TPSA) is 41.9 Å². The first-order chi connectivity index (χ1) is 8.31. The van der Waals surface area contributed by atoms with Crippen molar-refractivity contribution in [2.75, 3.05) is 45.4 Å². The summed E-state index contributed by atoms with van der Waals surface area (Å²) in [6.07, 6.45) is 0. The summed E-state index contributed by atoms with van der Waals surface area (Å²) in [5.74, 6) is 0. The second kappa shape index (κ2) is 8.06. The molecule has 0 aliphatic carbocycles. The fraction of sp³-hybridized carbons (Fsp3) is 0.538. The van der Waals surface area contributed by atoms with E-state index in [4.69, 9.17) is 14.6 Å². The van der Waals surface area contributed by atoms with Crippen LogP contribution in [-0.4, -0.2) is 45.6 Å². The van der Waals surface area contributed by atoms with E-state index >= 15 is 0 Å². The van der Waals surface area contributed by atoms with Crippen LogP contribution in [0.2, 0.25) is 0 Å². The van der Waals surface area contributed by atoms with Crippen LogP contribution >= 0.6 is 0 Å². The van der Waals surface area contributed by atoms with Gasteiger partial charge in [0.15, 0.2) is 0 Å². The highest BCUT2D eigenvalue weighted by Crippen LogP contribution is 2.15. The van der Waals surface area contributed by atoms with Gasteiger partial charge in [0.2, 0.25) is 0 Å². The molecule has 4 nitrogen and oxygen atoms in total. The molecule has 0 spiro atoms. The van der Waals surface area contributed by atoms with Gasteiger partial charge in [0.25, 0.3) is 0 Å². The number of aliphatic hydroxyl groups is 1. The van der Waals surface area contributed by atoms with Gasteiger partial charge in [-0.2, -0.15) is 0 Å². The molecule has 0 heterocycles. The van der Waals surface area contributed by atoms with Crippen LogP contribution in [0.1, 0.15) is 5.56 Å². The Balaban J connectivity index is 2.65. The molecule has 0 bridgehead atoms. The molecule has 0 unspecified atom stereocenters. The number of nitrogens with zero attached hydrogens (tertiary/aromatic N) is 1. The predicted octanol–water partition coefficient (Wildman–Crippen LogP) is 1.28. The van der Waals surface area contributed by atoms with Crippen molar-refractivity contribution in [1.82, 2.24) is 0 Å². The molecular weight excluding hydrogens is 218 g/mol. The van der Waals surface area contributed by atoms with Gasteiger partial charge in [-0.15, -0.1) is 0 Å². The van der Waals surface area contributed by atoms with Gasteiger partial charge in [-0.25, -0.2) is 0 Å². The molecule has 1 N–H and O–H groups in total. The van der Waals surface area contributed by atoms with Crippen LogP contribution in [0.15, 0.2) is 24.3 Å². The standard InChI is InChI=1S/C13H21NO3/c1-16-9-7-14(8-10-17-2)13-5-3-12(11-15)4-6-13/h3-6,15H,7-11H2,1-2H3. The number of methoxy groups -OCH3 is 2. The molecule has 0 aliphatic heterocycles. The summed E-state index contributed by atoms with van der Waals surface area (Å²) in [4.78, 5) is 2.20. The molecule has 1 rings (SSSR count). The second-order valence-corrected chi connectivity index (χ2v) is 3.80. The minimum absolute atomic E-state index is 0.0798. The Hall–Kier alpha value is -1.10. The number of benzene rings is 1. The average Bonchev–Trinajstić information content (AvgIpc) is 2.39. The lowest BCUT2D eigenvalue weighted by Crippen LogP contribution is -2.30. The van der Waals surface area contributed by atoms with Crippen molar-refractivity contribution < 1.29 is 14.6 Å². The average molecular weight is 239 g/mol. The van der Waals surface area contributed by atoms with Gasteiger partial charge >= 0.3 is 0 Å². The van der Waals surface area contributed by atoms with Crippen LogP contribution in [0.5, 0.6) is 0 Å². The normalized spacial score (nSPS) is 10.5.